The summed E-state index contributed by atoms with van der Waals surface area (Å²) in [5, 5.41) is 7.20. The van der Waals surface area contributed by atoms with Gasteiger partial charge in [-0.05, 0) is 36.5 Å². The Kier molecular flexibility index (Phi) is 5.44. The van der Waals surface area contributed by atoms with Crippen molar-refractivity contribution in [2.24, 2.45) is 16.8 Å². The number of nitrogens with one attached hydrogen (secondary N) is 2. The van der Waals surface area contributed by atoms with E-state index in [1.807, 2.05) is 24.3 Å². The second-order valence-corrected chi connectivity index (χ2v) is 11.7. The second-order valence-electron chi connectivity index (χ2n) is 8.29. The summed E-state index contributed by atoms with van der Waals surface area (Å²) in [5.41, 5.74) is 1.42. The van der Waals surface area contributed by atoms with Gasteiger partial charge in [-0.2, -0.15) is 0 Å². The van der Waals surface area contributed by atoms with Crippen LogP contribution in [0.4, 0.5) is 5.69 Å². The fourth-order valence-electron chi connectivity index (χ4n) is 4.32. The Morgan fingerprint density at radius 1 is 1.21 bits per heavy atom. The third kappa shape index (κ3) is 4.22. The van der Waals surface area contributed by atoms with Crippen LogP contribution < -0.4 is 10.6 Å². The summed E-state index contributed by atoms with van der Waals surface area (Å²) in [5.74, 6) is 1.40. The molecule has 2 N–H and O–H groups in total. The van der Waals surface area contributed by atoms with Gasteiger partial charge in [0.25, 0.3) is 5.91 Å². The molecule has 5 atom stereocenters. The number of benzene rings is 1. The first-order valence-corrected chi connectivity index (χ1v) is 12.6. The summed E-state index contributed by atoms with van der Waals surface area (Å²) in [6, 6.07) is 7.48. The van der Waals surface area contributed by atoms with Gasteiger partial charge in [0, 0.05) is 22.5 Å². The predicted molar refractivity (Wildman–Crippen MR) is 115 cm³/mol. The van der Waals surface area contributed by atoms with Crippen LogP contribution in [0.5, 0.6) is 0 Å². The summed E-state index contributed by atoms with van der Waals surface area (Å²) in [4.78, 5) is 17.3. The Morgan fingerprint density at radius 3 is 2.82 bits per heavy atom. The van der Waals surface area contributed by atoms with Crippen LogP contribution in [-0.4, -0.2) is 48.3 Å². The average molecular weight is 422 g/mol. The smallest absolute Gasteiger partial charge is 0.251 e. The number of fused-ring (bicyclic) bond motifs is 1. The maximum atomic E-state index is 12.7. The van der Waals surface area contributed by atoms with Crippen LogP contribution in [0.15, 0.2) is 29.3 Å². The van der Waals surface area contributed by atoms with E-state index in [-0.39, 0.29) is 34.7 Å². The number of rotatable bonds is 3. The molecule has 0 unspecified atom stereocenters. The van der Waals surface area contributed by atoms with E-state index in [1.165, 1.54) is 18.2 Å². The molecule has 2 fully saturated rings. The number of aliphatic imine (C=N–C) groups is 1. The van der Waals surface area contributed by atoms with Gasteiger partial charge < -0.3 is 10.6 Å². The van der Waals surface area contributed by atoms with E-state index in [4.69, 9.17) is 0 Å². The second kappa shape index (κ2) is 7.71. The molecule has 1 aromatic rings. The van der Waals surface area contributed by atoms with Crippen molar-refractivity contribution in [3.05, 3.63) is 29.8 Å². The number of thioether (sulfide) groups is 1. The van der Waals surface area contributed by atoms with Crippen molar-refractivity contribution >= 4 is 38.4 Å². The summed E-state index contributed by atoms with van der Waals surface area (Å²) in [7, 11) is -2.95. The molecule has 6 nitrogen and oxygen atoms in total. The molecular weight excluding hydrogens is 394 g/mol. The Hall–Kier alpha value is -1.54. The zero-order valence-corrected chi connectivity index (χ0v) is 17.9. The summed E-state index contributed by atoms with van der Waals surface area (Å²) < 4.78 is 23.4. The van der Waals surface area contributed by atoms with Crippen LogP contribution in [0.1, 0.15) is 43.5 Å². The molecular formula is C20H27N3O3S2. The van der Waals surface area contributed by atoms with Crippen molar-refractivity contribution in [1.82, 2.24) is 5.32 Å². The van der Waals surface area contributed by atoms with E-state index < -0.39 is 9.84 Å². The number of hydrogen-bond donors (Lipinski definition) is 2. The standard InChI is InChI=1S/C20H27N3O3S2/c1-12-5-3-8-16(13(12)2)22-19(24)14-6-4-7-15(9-14)21-20-23-17-10-28(25,26)11-18(17)27-20/h4,6-7,9,12-13,16-18H,3,5,8,10-11H2,1-2H3,(H,21,23)(H,22,24)/t12-,13+,16+,17-,18-/m1/s1. The molecule has 2 aliphatic heterocycles. The Bertz CT molecular complexity index is 900. The zero-order valence-electron chi connectivity index (χ0n) is 16.2. The van der Waals surface area contributed by atoms with Gasteiger partial charge in [-0.3, -0.25) is 9.79 Å². The quantitative estimate of drug-likeness (QED) is 0.784. The highest BCUT2D eigenvalue weighted by molar-refractivity contribution is 8.15. The Balaban J connectivity index is 1.40. The third-order valence-corrected chi connectivity index (χ3v) is 9.36. The first kappa shape index (κ1) is 19.8. The molecule has 28 heavy (non-hydrogen) atoms. The first-order chi connectivity index (χ1) is 13.3. The number of amides is 1. The number of nitrogens with zero attached hydrogens (tertiary/aromatic N) is 1. The van der Waals surface area contributed by atoms with E-state index >= 15 is 0 Å². The minimum atomic E-state index is -2.95. The molecule has 0 aromatic heterocycles. The predicted octanol–water partition coefficient (Wildman–Crippen LogP) is 2.92. The fraction of sp³-hybridized carbons (Fsp3) is 0.600. The van der Waals surface area contributed by atoms with Crippen LogP contribution in [0.2, 0.25) is 0 Å². The summed E-state index contributed by atoms with van der Waals surface area (Å²) in [6.07, 6.45) is 3.43. The molecule has 0 bridgehead atoms. The van der Waals surface area contributed by atoms with Crippen molar-refractivity contribution in [1.29, 1.82) is 0 Å². The highest BCUT2D eigenvalue weighted by Crippen LogP contribution is 2.34. The number of sulfone groups is 1. The molecule has 3 aliphatic rings. The highest BCUT2D eigenvalue weighted by Gasteiger charge is 2.42. The number of amidine groups is 1. The highest BCUT2D eigenvalue weighted by atomic mass is 32.2. The SMILES string of the molecule is C[C@H]1[C@H](C)CCC[C@@H]1NC(=O)c1cccc(NC2=N[C@@H]3CS(=O)(=O)C[C@H]3S2)c1. The molecule has 1 amide bonds. The van der Waals surface area contributed by atoms with Crippen LogP contribution in [-0.2, 0) is 9.84 Å². The topological polar surface area (TPSA) is 87.6 Å². The van der Waals surface area contributed by atoms with Crippen molar-refractivity contribution in [3.63, 3.8) is 0 Å². The minimum Gasteiger partial charge on any atom is -0.349 e. The van der Waals surface area contributed by atoms with Crippen molar-refractivity contribution in [3.8, 4) is 0 Å². The molecule has 0 spiro atoms. The molecule has 1 aromatic carbocycles. The number of carbonyl (C=O) groups is 1. The van der Waals surface area contributed by atoms with Gasteiger partial charge in [0.15, 0.2) is 15.0 Å². The van der Waals surface area contributed by atoms with Crippen LogP contribution >= 0.6 is 11.8 Å². The van der Waals surface area contributed by atoms with Gasteiger partial charge in [0.05, 0.1) is 17.5 Å². The van der Waals surface area contributed by atoms with Gasteiger partial charge in [-0.1, -0.05) is 44.5 Å². The number of carbonyl (C=O) groups excluding carboxylic acids is 1. The lowest BCUT2D eigenvalue weighted by Gasteiger charge is -2.34. The van der Waals surface area contributed by atoms with Gasteiger partial charge >= 0.3 is 0 Å². The van der Waals surface area contributed by atoms with Gasteiger partial charge in [0.2, 0.25) is 0 Å². The van der Waals surface area contributed by atoms with Crippen LogP contribution in [0.25, 0.3) is 0 Å². The maximum absolute atomic E-state index is 12.7. The van der Waals surface area contributed by atoms with E-state index in [0.717, 1.165) is 23.7 Å². The molecule has 4 rings (SSSR count). The lowest BCUT2D eigenvalue weighted by Crippen LogP contribution is -2.43. The van der Waals surface area contributed by atoms with Crippen molar-refractivity contribution < 1.29 is 13.2 Å². The average Bonchev–Trinajstić information content (AvgIpc) is 3.11. The normalized spacial score (nSPS) is 33.8. The minimum absolute atomic E-state index is 0.00811. The Morgan fingerprint density at radius 2 is 2.04 bits per heavy atom. The third-order valence-electron chi connectivity index (χ3n) is 6.22. The Labute approximate surface area is 170 Å². The molecule has 0 radical (unpaired) electrons. The number of hydrogen-bond acceptors (Lipinski definition) is 6. The molecule has 1 saturated carbocycles. The maximum Gasteiger partial charge on any atom is 0.251 e. The molecule has 8 heteroatoms. The largest absolute Gasteiger partial charge is 0.349 e. The van der Waals surface area contributed by atoms with Crippen molar-refractivity contribution in [2.45, 2.75) is 50.4 Å². The molecule has 152 valence electrons. The van der Waals surface area contributed by atoms with Gasteiger partial charge in [-0.15, -0.1) is 0 Å². The van der Waals surface area contributed by atoms with Gasteiger partial charge in [0.1, 0.15) is 0 Å². The monoisotopic (exact) mass is 421 g/mol. The number of anilines is 1. The van der Waals surface area contributed by atoms with E-state index in [0.29, 0.717) is 17.4 Å². The lowest BCUT2D eigenvalue weighted by molar-refractivity contribution is 0.0891. The van der Waals surface area contributed by atoms with E-state index in [2.05, 4.69) is 29.5 Å². The summed E-state index contributed by atoms with van der Waals surface area (Å²) in [6.45, 7) is 4.48. The zero-order chi connectivity index (χ0) is 19.9. The fourth-order valence-corrected chi connectivity index (χ4v) is 7.99. The molecule has 1 aliphatic carbocycles. The van der Waals surface area contributed by atoms with Crippen molar-refractivity contribution in [2.75, 3.05) is 16.8 Å². The van der Waals surface area contributed by atoms with E-state index in [9.17, 15) is 13.2 Å². The van der Waals surface area contributed by atoms with Gasteiger partial charge in [-0.25, -0.2) is 8.42 Å². The lowest BCUT2D eigenvalue weighted by atomic mass is 9.78. The first-order valence-electron chi connectivity index (χ1n) is 9.93. The summed E-state index contributed by atoms with van der Waals surface area (Å²) >= 11 is 1.48. The van der Waals surface area contributed by atoms with E-state index in [1.54, 1.807) is 0 Å². The van der Waals surface area contributed by atoms with Crippen LogP contribution in [0, 0.1) is 11.8 Å². The van der Waals surface area contributed by atoms with Crippen LogP contribution in [0.3, 0.4) is 0 Å². The molecule has 2 heterocycles. The molecule has 1 saturated heterocycles.